The van der Waals surface area contributed by atoms with E-state index in [-0.39, 0.29) is 5.91 Å². The molecule has 0 saturated heterocycles. The molecule has 2 atom stereocenters. The fourth-order valence-corrected chi connectivity index (χ4v) is 3.29. The number of carbonyl (C=O) groups is 1. The molecule has 2 nitrogen and oxygen atoms in total. The molecular formula is C15H20BrNO. The average Bonchev–Trinajstić information content (AvgIpc) is 2.76. The van der Waals surface area contributed by atoms with Crippen LogP contribution in [-0.2, 0) is 11.2 Å². The number of amides is 1. The number of hydrogen-bond acceptors (Lipinski definition) is 1. The lowest BCUT2D eigenvalue weighted by Gasteiger charge is -2.11. The van der Waals surface area contributed by atoms with Gasteiger partial charge >= 0.3 is 0 Å². The van der Waals surface area contributed by atoms with Gasteiger partial charge in [-0.25, -0.2) is 0 Å². The first-order chi connectivity index (χ1) is 8.65. The smallest absolute Gasteiger partial charge is 0.224 e. The second kappa shape index (κ2) is 6.37. The second-order valence-electron chi connectivity index (χ2n) is 5.18. The first kappa shape index (κ1) is 13.6. The zero-order valence-electron chi connectivity index (χ0n) is 10.8. The number of nitrogens with one attached hydrogen (secondary N) is 1. The molecule has 0 aromatic heterocycles. The highest BCUT2D eigenvalue weighted by Gasteiger charge is 2.22. The van der Waals surface area contributed by atoms with E-state index >= 15 is 0 Å². The van der Waals surface area contributed by atoms with Gasteiger partial charge in [0.25, 0.3) is 0 Å². The summed E-state index contributed by atoms with van der Waals surface area (Å²) in [4.78, 5) is 12.5. The van der Waals surface area contributed by atoms with Crippen molar-refractivity contribution in [3.63, 3.8) is 0 Å². The number of carbonyl (C=O) groups excluding carboxylic acids is 1. The van der Waals surface area contributed by atoms with Gasteiger partial charge in [0.15, 0.2) is 0 Å². The predicted molar refractivity (Wildman–Crippen MR) is 77.9 cm³/mol. The molecule has 1 aliphatic rings. The molecule has 1 saturated carbocycles. The van der Waals surface area contributed by atoms with E-state index in [1.165, 1.54) is 24.8 Å². The lowest BCUT2D eigenvalue weighted by molar-refractivity contribution is -0.120. The van der Waals surface area contributed by atoms with Crippen LogP contribution in [0.25, 0.3) is 0 Å². The maximum Gasteiger partial charge on any atom is 0.224 e. The predicted octanol–water partition coefficient (Wildman–Crippen LogP) is 3.22. The number of hydrogen-bond donors (Lipinski definition) is 1. The Labute approximate surface area is 117 Å². The van der Waals surface area contributed by atoms with E-state index in [0.29, 0.717) is 17.2 Å². The minimum atomic E-state index is 0.141. The molecule has 1 aliphatic carbocycles. The van der Waals surface area contributed by atoms with Gasteiger partial charge in [0.1, 0.15) is 0 Å². The van der Waals surface area contributed by atoms with Crippen molar-refractivity contribution in [2.75, 3.05) is 6.54 Å². The molecule has 0 radical (unpaired) electrons. The molecule has 0 heterocycles. The molecule has 3 heteroatoms. The van der Waals surface area contributed by atoms with Gasteiger partial charge in [0, 0.05) is 11.4 Å². The molecule has 1 aromatic carbocycles. The van der Waals surface area contributed by atoms with Gasteiger partial charge in [-0.3, -0.25) is 4.79 Å². The third kappa shape index (κ3) is 3.84. The summed E-state index contributed by atoms with van der Waals surface area (Å²) >= 11 is 3.64. The number of aryl methyl sites for hydroxylation is 1. The van der Waals surface area contributed by atoms with Crippen LogP contribution in [0.3, 0.4) is 0 Å². The lowest BCUT2D eigenvalue weighted by Crippen LogP contribution is -2.30. The highest BCUT2D eigenvalue weighted by molar-refractivity contribution is 9.09. The summed E-state index contributed by atoms with van der Waals surface area (Å²) in [6.45, 7) is 2.88. The van der Waals surface area contributed by atoms with E-state index in [0.717, 1.165) is 12.1 Å². The summed E-state index contributed by atoms with van der Waals surface area (Å²) in [5.74, 6) is 0.789. The topological polar surface area (TPSA) is 29.1 Å². The fourth-order valence-electron chi connectivity index (χ4n) is 2.50. The Morgan fingerprint density at radius 2 is 2.17 bits per heavy atom. The molecule has 1 amide bonds. The molecule has 1 N–H and O–H groups in total. The van der Waals surface area contributed by atoms with Crippen LogP contribution < -0.4 is 5.32 Å². The molecule has 0 aliphatic heterocycles. The molecule has 18 heavy (non-hydrogen) atoms. The zero-order chi connectivity index (χ0) is 13.0. The highest BCUT2D eigenvalue weighted by Crippen LogP contribution is 2.29. The molecular weight excluding hydrogens is 290 g/mol. The third-order valence-electron chi connectivity index (χ3n) is 3.68. The van der Waals surface area contributed by atoms with Crippen molar-refractivity contribution in [2.45, 2.75) is 37.4 Å². The Balaban J connectivity index is 1.77. The van der Waals surface area contributed by atoms with E-state index in [4.69, 9.17) is 0 Å². The SMILES string of the molecule is Cc1ccccc1CC(=O)NCC1CCC(Br)C1. The van der Waals surface area contributed by atoms with Crippen molar-refractivity contribution in [3.05, 3.63) is 35.4 Å². The minimum absolute atomic E-state index is 0.141. The minimum Gasteiger partial charge on any atom is -0.356 e. The van der Waals surface area contributed by atoms with Crippen LogP contribution in [-0.4, -0.2) is 17.3 Å². The zero-order valence-corrected chi connectivity index (χ0v) is 12.4. The molecule has 2 rings (SSSR count). The van der Waals surface area contributed by atoms with Crippen LogP contribution in [0.5, 0.6) is 0 Å². The van der Waals surface area contributed by atoms with Crippen molar-refractivity contribution < 1.29 is 4.79 Å². The fraction of sp³-hybridized carbons (Fsp3) is 0.533. The Bertz CT molecular complexity index is 419. The summed E-state index contributed by atoms with van der Waals surface area (Å²) in [5, 5.41) is 3.06. The number of rotatable bonds is 4. The highest BCUT2D eigenvalue weighted by atomic mass is 79.9. The average molecular weight is 310 g/mol. The standard InChI is InChI=1S/C15H20BrNO/c1-11-4-2-3-5-13(11)9-15(18)17-10-12-6-7-14(16)8-12/h2-5,12,14H,6-10H2,1H3,(H,17,18). The van der Waals surface area contributed by atoms with Crippen molar-refractivity contribution in [1.82, 2.24) is 5.32 Å². The van der Waals surface area contributed by atoms with Crippen molar-refractivity contribution in [3.8, 4) is 0 Å². The normalized spacial score (nSPS) is 23.0. The summed E-state index contributed by atoms with van der Waals surface area (Å²) in [6, 6.07) is 8.07. The molecule has 0 bridgehead atoms. The molecule has 98 valence electrons. The van der Waals surface area contributed by atoms with Crippen LogP contribution in [0.15, 0.2) is 24.3 Å². The second-order valence-corrected chi connectivity index (χ2v) is 6.48. The molecule has 0 spiro atoms. The van der Waals surface area contributed by atoms with E-state index < -0.39 is 0 Å². The molecule has 1 aromatic rings. The van der Waals surface area contributed by atoms with E-state index in [1.807, 2.05) is 18.2 Å². The summed E-state index contributed by atoms with van der Waals surface area (Å²) in [7, 11) is 0. The van der Waals surface area contributed by atoms with Crippen LogP contribution in [0, 0.1) is 12.8 Å². The summed E-state index contributed by atoms with van der Waals surface area (Å²) in [5.41, 5.74) is 2.31. The number of alkyl halides is 1. The van der Waals surface area contributed by atoms with Gasteiger partial charge in [-0.2, -0.15) is 0 Å². The maximum atomic E-state index is 11.9. The first-order valence-corrected chi connectivity index (χ1v) is 7.52. The van der Waals surface area contributed by atoms with Crippen LogP contribution in [0.4, 0.5) is 0 Å². The Morgan fingerprint density at radius 1 is 1.39 bits per heavy atom. The Morgan fingerprint density at radius 3 is 2.83 bits per heavy atom. The monoisotopic (exact) mass is 309 g/mol. The van der Waals surface area contributed by atoms with Crippen molar-refractivity contribution in [2.24, 2.45) is 5.92 Å². The van der Waals surface area contributed by atoms with Crippen LogP contribution >= 0.6 is 15.9 Å². The van der Waals surface area contributed by atoms with Gasteiger partial charge in [0.2, 0.25) is 5.91 Å². The summed E-state index contributed by atoms with van der Waals surface area (Å²) in [6.07, 6.45) is 4.14. The molecule has 2 unspecified atom stereocenters. The van der Waals surface area contributed by atoms with Gasteiger partial charge in [0.05, 0.1) is 6.42 Å². The van der Waals surface area contributed by atoms with Gasteiger partial charge in [-0.1, -0.05) is 40.2 Å². The van der Waals surface area contributed by atoms with E-state index in [9.17, 15) is 4.79 Å². The van der Waals surface area contributed by atoms with Crippen LogP contribution in [0.1, 0.15) is 30.4 Å². The van der Waals surface area contributed by atoms with Gasteiger partial charge < -0.3 is 5.32 Å². The quantitative estimate of drug-likeness (QED) is 0.850. The Kier molecular flexibility index (Phi) is 4.81. The summed E-state index contributed by atoms with van der Waals surface area (Å²) < 4.78 is 0. The largest absolute Gasteiger partial charge is 0.356 e. The lowest BCUT2D eigenvalue weighted by atomic mass is 10.1. The number of halogens is 1. The van der Waals surface area contributed by atoms with Crippen molar-refractivity contribution >= 4 is 21.8 Å². The maximum absolute atomic E-state index is 11.9. The van der Waals surface area contributed by atoms with Gasteiger partial charge in [-0.05, 0) is 43.2 Å². The molecule has 1 fully saturated rings. The van der Waals surface area contributed by atoms with Crippen LogP contribution in [0.2, 0.25) is 0 Å². The van der Waals surface area contributed by atoms with E-state index in [2.05, 4.69) is 34.2 Å². The van der Waals surface area contributed by atoms with E-state index in [1.54, 1.807) is 0 Å². The number of benzene rings is 1. The first-order valence-electron chi connectivity index (χ1n) is 6.60. The third-order valence-corrected chi connectivity index (χ3v) is 4.51. The Hall–Kier alpha value is -0.830. The van der Waals surface area contributed by atoms with Gasteiger partial charge in [-0.15, -0.1) is 0 Å². The van der Waals surface area contributed by atoms with Crippen molar-refractivity contribution in [1.29, 1.82) is 0 Å².